The van der Waals surface area contributed by atoms with E-state index in [-0.39, 0.29) is 0 Å². The van der Waals surface area contributed by atoms with E-state index < -0.39 is 6.03 Å². The lowest BCUT2D eigenvalue weighted by atomic mass is 10.2. The first-order valence-electron chi connectivity index (χ1n) is 4.81. The largest absolute Gasteiger partial charge is 0.495 e. The van der Waals surface area contributed by atoms with Crippen LogP contribution in [0.5, 0.6) is 5.75 Å². The first kappa shape index (κ1) is 12.0. The van der Waals surface area contributed by atoms with Gasteiger partial charge in [0.1, 0.15) is 5.75 Å². The predicted octanol–water partition coefficient (Wildman–Crippen LogP) is 1.14. The van der Waals surface area contributed by atoms with Gasteiger partial charge in [0.2, 0.25) is 0 Å². The smallest absolute Gasteiger partial charge is 0.356 e. The fourth-order valence-electron chi connectivity index (χ4n) is 1.37. The molecule has 0 aliphatic carbocycles. The first-order valence-corrected chi connectivity index (χ1v) is 5.17. The maximum absolute atomic E-state index is 11.2. The fourth-order valence-corrected chi connectivity index (χ4v) is 1.42. The average molecular weight is 264 g/mol. The number of amides is 2. The number of aromatic nitrogens is 4. The van der Waals surface area contributed by atoms with E-state index in [0.717, 1.165) is 0 Å². The van der Waals surface area contributed by atoms with Crippen molar-refractivity contribution in [3.05, 3.63) is 18.2 Å². The number of rotatable bonds is 3. The minimum absolute atomic E-state index is 0.435. The van der Waals surface area contributed by atoms with Crippen LogP contribution in [-0.4, -0.2) is 33.8 Å². The number of H-pyrrole nitrogens is 1. The Kier molecular flexibility index (Phi) is 3.53. The van der Waals surface area contributed by atoms with Crippen molar-refractivity contribution >= 4 is 24.1 Å². The Hall–Kier alpha value is -2.42. The van der Waals surface area contributed by atoms with E-state index in [4.69, 9.17) is 4.74 Å². The number of ether oxygens (including phenoxy) is 1. The van der Waals surface area contributed by atoms with Crippen molar-refractivity contribution in [2.75, 3.05) is 12.4 Å². The van der Waals surface area contributed by atoms with Crippen LogP contribution in [0.15, 0.2) is 22.6 Å². The number of carbonyl (C=O) groups excluding carboxylic acids is 1. The van der Waals surface area contributed by atoms with Crippen LogP contribution in [0.1, 0.15) is 0 Å². The molecule has 8 nitrogen and oxygen atoms in total. The normalized spacial score (nSPS) is 9.83. The van der Waals surface area contributed by atoms with Crippen LogP contribution in [0, 0.1) is 0 Å². The second kappa shape index (κ2) is 5.27. The molecule has 0 unspecified atom stereocenters. The summed E-state index contributed by atoms with van der Waals surface area (Å²) >= 11 is 4.30. The standard InChI is InChI=1S/C9H8N6O2S/c1-17-7-3-2-5(8-11-14-15-12-8)4-6(7)10-9(16)13-18/h2-4H,1H3,(H,10,16)(H,11,12,14,15). The van der Waals surface area contributed by atoms with Gasteiger partial charge in [-0.15, -0.1) is 9.46 Å². The SMILES string of the molecule is COc1ccc(-c2nnn[nH]2)cc1NC(=O)N=S. The molecule has 0 saturated carbocycles. The van der Waals surface area contributed by atoms with E-state index in [2.05, 4.69) is 42.7 Å². The highest BCUT2D eigenvalue weighted by Gasteiger charge is 2.10. The maximum Gasteiger partial charge on any atom is 0.356 e. The molecule has 0 saturated heterocycles. The van der Waals surface area contributed by atoms with Gasteiger partial charge < -0.3 is 10.1 Å². The fraction of sp³-hybridized carbons (Fsp3) is 0.111. The molecule has 18 heavy (non-hydrogen) atoms. The van der Waals surface area contributed by atoms with Crippen molar-refractivity contribution < 1.29 is 9.53 Å². The van der Waals surface area contributed by atoms with Crippen molar-refractivity contribution in [1.29, 1.82) is 0 Å². The molecule has 2 rings (SSSR count). The van der Waals surface area contributed by atoms with Crippen LogP contribution >= 0.6 is 0 Å². The van der Waals surface area contributed by atoms with Crippen LogP contribution in [0.3, 0.4) is 0 Å². The molecule has 0 bridgehead atoms. The molecular formula is C9H8N6O2S. The number of aromatic amines is 1. The van der Waals surface area contributed by atoms with E-state index in [1.807, 2.05) is 0 Å². The summed E-state index contributed by atoms with van der Waals surface area (Å²) < 4.78 is 8.19. The zero-order chi connectivity index (χ0) is 13.0. The molecule has 2 N–H and O–H groups in total. The number of nitrogens with zero attached hydrogens (tertiary/aromatic N) is 4. The number of nitrogens with one attached hydrogen (secondary N) is 2. The quantitative estimate of drug-likeness (QED) is 0.861. The highest BCUT2D eigenvalue weighted by molar-refractivity contribution is 7.47. The zero-order valence-corrected chi connectivity index (χ0v) is 10.1. The number of urea groups is 1. The van der Waals surface area contributed by atoms with Gasteiger partial charge in [0.05, 0.1) is 12.8 Å². The molecule has 0 spiro atoms. The number of methoxy groups -OCH3 is 1. The lowest BCUT2D eigenvalue weighted by Gasteiger charge is -2.09. The van der Waals surface area contributed by atoms with E-state index >= 15 is 0 Å². The number of benzene rings is 1. The van der Waals surface area contributed by atoms with Crippen molar-refractivity contribution in [2.24, 2.45) is 4.36 Å². The second-order valence-corrected chi connectivity index (χ2v) is 3.37. The molecule has 2 aromatic rings. The maximum atomic E-state index is 11.2. The minimum atomic E-state index is -0.642. The summed E-state index contributed by atoms with van der Waals surface area (Å²) in [5.74, 6) is 0.960. The van der Waals surface area contributed by atoms with Crippen molar-refractivity contribution in [1.82, 2.24) is 20.6 Å². The lowest BCUT2D eigenvalue weighted by molar-refractivity contribution is 0.260. The molecule has 1 heterocycles. The Morgan fingerprint density at radius 1 is 1.56 bits per heavy atom. The lowest BCUT2D eigenvalue weighted by Crippen LogP contribution is -2.06. The van der Waals surface area contributed by atoms with Crippen LogP contribution in [-0.2, 0) is 12.4 Å². The molecule has 0 atom stereocenters. The summed E-state index contributed by atoms with van der Waals surface area (Å²) in [6, 6.07) is 4.44. The van der Waals surface area contributed by atoms with E-state index in [0.29, 0.717) is 22.8 Å². The number of carbonyl (C=O) groups is 1. The van der Waals surface area contributed by atoms with Crippen molar-refractivity contribution in [3.8, 4) is 17.1 Å². The predicted molar refractivity (Wildman–Crippen MR) is 65.0 cm³/mol. The molecule has 92 valence electrons. The van der Waals surface area contributed by atoms with Crippen LogP contribution < -0.4 is 10.1 Å². The van der Waals surface area contributed by atoms with Gasteiger partial charge in [-0.3, -0.25) is 0 Å². The molecule has 1 aromatic carbocycles. The van der Waals surface area contributed by atoms with Crippen LogP contribution in [0.4, 0.5) is 10.5 Å². The molecule has 0 fully saturated rings. The van der Waals surface area contributed by atoms with Gasteiger partial charge in [-0.1, -0.05) is 0 Å². The third-order valence-corrected chi connectivity index (χ3v) is 2.31. The summed E-state index contributed by atoms with van der Waals surface area (Å²) in [5, 5.41) is 15.8. The summed E-state index contributed by atoms with van der Waals surface area (Å²) in [7, 11) is 1.49. The Bertz CT molecular complexity index is 570. The summed E-state index contributed by atoms with van der Waals surface area (Å²) in [4.78, 5) is 11.2. The summed E-state index contributed by atoms with van der Waals surface area (Å²) in [6.07, 6.45) is 0. The highest BCUT2D eigenvalue weighted by Crippen LogP contribution is 2.28. The monoisotopic (exact) mass is 264 g/mol. The van der Waals surface area contributed by atoms with Crippen LogP contribution in [0.25, 0.3) is 11.4 Å². The van der Waals surface area contributed by atoms with Gasteiger partial charge in [0, 0.05) is 18.0 Å². The van der Waals surface area contributed by atoms with Gasteiger partial charge in [-0.05, 0) is 28.6 Å². The average Bonchev–Trinajstić information content (AvgIpc) is 2.92. The third-order valence-electron chi connectivity index (χ3n) is 2.14. The van der Waals surface area contributed by atoms with E-state index in [1.54, 1.807) is 18.2 Å². The molecule has 1 aromatic heterocycles. The van der Waals surface area contributed by atoms with Gasteiger partial charge in [0.25, 0.3) is 0 Å². The molecule has 0 radical (unpaired) electrons. The third kappa shape index (κ3) is 2.46. The Morgan fingerprint density at radius 3 is 3.00 bits per heavy atom. The number of anilines is 1. The van der Waals surface area contributed by atoms with E-state index in [1.165, 1.54) is 7.11 Å². The highest BCUT2D eigenvalue weighted by atomic mass is 32.1. The topological polar surface area (TPSA) is 105 Å². The molecule has 0 aliphatic rings. The second-order valence-electron chi connectivity index (χ2n) is 3.19. The number of tetrazole rings is 1. The Balaban J connectivity index is 2.39. The first-order chi connectivity index (χ1) is 8.74. The molecule has 9 heteroatoms. The Labute approximate surface area is 107 Å². The summed E-state index contributed by atoms with van der Waals surface area (Å²) in [5.41, 5.74) is 1.13. The molecular weight excluding hydrogens is 256 g/mol. The number of hydrogen-bond acceptors (Lipinski definition) is 6. The van der Waals surface area contributed by atoms with Gasteiger partial charge in [0.15, 0.2) is 5.82 Å². The van der Waals surface area contributed by atoms with Gasteiger partial charge in [-0.25, -0.2) is 9.89 Å². The molecule has 0 aliphatic heterocycles. The zero-order valence-electron chi connectivity index (χ0n) is 9.25. The van der Waals surface area contributed by atoms with E-state index in [9.17, 15) is 4.79 Å². The van der Waals surface area contributed by atoms with Crippen LogP contribution in [0.2, 0.25) is 0 Å². The summed E-state index contributed by atoms with van der Waals surface area (Å²) in [6.45, 7) is 0. The van der Waals surface area contributed by atoms with Crippen molar-refractivity contribution in [2.45, 2.75) is 0 Å². The van der Waals surface area contributed by atoms with Crippen molar-refractivity contribution in [3.63, 3.8) is 0 Å². The molecule has 2 amide bonds. The van der Waals surface area contributed by atoms with Gasteiger partial charge >= 0.3 is 6.03 Å². The number of hydrogen-bond donors (Lipinski definition) is 2. The minimum Gasteiger partial charge on any atom is -0.495 e. The Morgan fingerprint density at radius 2 is 2.39 bits per heavy atom. The van der Waals surface area contributed by atoms with Gasteiger partial charge in [-0.2, -0.15) is 0 Å².